The van der Waals surface area contributed by atoms with Crippen LogP contribution in [-0.4, -0.2) is 20.4 Å². The fraction of sp³-hybridized carbons (Fsp3) is 0. The maximum Gasteiger partial charge on any atom is 0.131 e. The first-order valence-electron chi connectivity index (χ1n) is 5.32. The second-order valence-electron chi connectivity index (χ2n) is 3.62. The van der Waals surface area contributed by atoms with Crippen LogP contribution in [0.4, 0.5) is 0 Å². The molecule has 4 nitrogen and oxygen atoms in total. The van der Waals surface area contributed by atoms with Crippen molar-refractivity contribution in [3.8, 4) is 22.5 Å². The highest BCUT2D eigenvalue weighted by atomic mass is 15.3. The van der Waals surface area contributed by atoms with E-state index in [9.17, 15) is 0 Å². The summed E-state index contributed by atoms with van der Waals surface area (Å²) >= 11 is 0. The third-order valence-electron chi connectivity index (χ3n) is 2.55. The van der Waals surface area contributed by atoms with Crippen LogP contribution in [0.15, 0.2) is 54.9 Å². The molecule has 0 aliphatic rings. The van der Waals surface area contributed by atoms with E-state index >= 15 is 0 Å². The van der Waals surface area contributed by atoms with Crippen LogP contribution in [-0.2, 0) is 0 Å². The van der Waals surface area contributed by atoms with E-state index in [0.717, 1.165) is 22.5 Å². The summed E-state index contributed by atoms with van der Waals surface area (Å²) in [7, 11) is 0. The zero-order valence-corrected chi connectivity index (χ0v) is 9.04. The number of nitrogens with zero attached hydrogens (tertiary/aromatic N) is 3. The second-order valence-corrected chi connectivity index (χ2v) is 3.62. The lowest BCUT2D eigenvalue weighted by Gasteiger charge is -2.05. The minimum atomic E-state index is 0.754. The predicted molar refractivity (Wildman–Crippen MR) is 65.0 cm³/mol. The summed E-state index contributed by atoms with van der Waals surface area (Å²) in [6.07, 6.45) is 3.44. The molecule has 0 fully saturated rings. The summed E-state index contributed by atoms with van der Waals surface area (Å²) in [6.45, 7) is 0. The molecule has 2 aromatic heterocycles. The lowest BCUT2D eigenvalue weighted by atomic mass is 10.0. The number of aromatic amines is 1. The van der Waals surface area contributed by atoms with E-state index in [1.54, 1.807) is 12.4 Å². The van der Waals surface area contributed by atoms with E-state index in [1.807, 2.05) is 30.3 Å². The molecule has 0 amide bonds. The highest BCUT2D eigenvalue weighted by Crippen LogP contribution is 2.27. The van der Waals surface area contributed by atoms with Crippen LogP contribution in [0, 0.1) is 0 Å². The van der Waals surface area contributed by atoms with Crippen molar-refractivity contribution in [1.82, 2.24) is 20.4 Å². The Hall–Kier alpha value is -2.49. The summed E-state index contributed by atoms with van der Waals surface area (Å²) in [5, 5.41) is 10.5. The van der Waals surface area contributed by atoms with Crippen molar-refractivity contribution in [2.24, 2.45) is 0 Å². The van der Waals surface area contributed by atoms with Gasteiger partial charge in [-0.05, 0) is 11.6 Å². The summed E-state index contributed by atoms with van der Waals surface area (Å²) in [4.78, 5) is 4.38. The van der Waals surface area contributed by atoms with Gasteiger partial charge in [-0.3, -0.25) is 4.98 Å². The molecule has 0 radical (unpaired) electrons. The van der Waals surface area contributed by atoms with Gasteiger partial charge in [0.25, 0.3) is 0 Å². The minimum absolute atomic E-state index is 0.754. The van der Waals surface area contributed by atoms with Crippen LogP contribution in [0.2, 0.25) is 0 Å². The normalized spacial score (nSPS) is 10.4. The molecular formula is C13H10N4. The summed E-state index contributed by atoms with van der Waals surface area (Å²) in [5.74, 6) is 0. The fourth-order valence-electron chi connectivity index (χ4n) is 1.78. The van der Waals surface area contributed by atoms with Gasteiger partial charge in [0.05, 0.1) is 11.9 Å². The van der Waals surface area contributed by atoms with Gasteiger partial charge in [-0.25, -0.2) is 0 Å². The lowest BCUT2D eigenvalue weighted by Crippen LogP contribution is -1.88. The number of benzene rings is 1. The van der Waals surface area contributed by atoms with Gasteiger partial charge in [-0.1, -0.05) is 36.4 Å². The minimum Gasteiger partial charge on any atom is -0.254 e. The van der Waals surface area contributed by atoms with Crippen molar-refractivity contribution in [2.75, 3.05) is 0 Å². The molecule has 17 heavy (non-hydrogen) atoms. The molecule has 0 atom stereocenters. The SMILES string of the molecule is c1ccc(-c2cccnc2-c2cn[nH]n2)cc1. The largest absolute Gasteiger partial charge is 0.254 e. The molecule has 2 heterocycles. The molecule has 0 saturated carbocycles. The van der Waals surface area contributed by atoms with Crippen molar-refractivity contribution in [3.63, 3.8) is 0 Å². The molecule has 1 N–H and O–H groups in total. The highest BCUT2D eigenvalue weighted by molar-refractivity contribution is 5.78. The molecule has 3 rings (SSSR count). The Morgan fingerprint density at radius 2 is 1.82 bits per heavy atom. The van der Waals surface area contributed by atoms with Crippen LogP contribution in [0.3, 0.4) is 0 Å². The molecular weight excluding hydrogens is 212 g/mol. The molecule has 82 valence electrons. The van der Waals surface area contributed by atoms with Gasteiger partial charge in [-0.2, -0.15) is 15.4 Å². The number of pyridine rings is 1. The van der Waals surface area contributed by atoms with E-state index in [-0.39, 0.29) is 0 Å². The van der Waals surface area contributed by atoms with Crippen LogP contribution in [0.5, 0.6) is 0 Å². The average molecular weight is 222 g/mol. The monoisotopic (exact) mass is 222 g/mol. The number of H-pyrrole nitrogens is 1. The Bertz CT molecular complexity index is 602. The standard InChI is InChI=1S/C13H10N4/c1-2-5-10(6-3-1)11-7-4-8-14-13(11)12-9-15-17-16-12/h1-9H,(H,15,16,17). The third kappa shape index (κ3) is 1.80. The highest BCUT2D eigenvalue weighted by Gasteiger charge is 2.09. The van der Waals surface area contributed by atoms with Crippen molar-refractivity contribution in [2.45, 2.75) is 0 Å². The molecule has 0 unspecified atom stereocenters. The zero-order chi connectivity index (χ0) is 11.5. The molecule has 0 aliphatic heterocycles. The van der Waals surface area contributed by atoms with Gasteiger partial charge in [0.15, 0.2) is 0 Å². The van der Waals surface area contributed by atoms with Crippen LogP contribution in [0.25, 0.3) is 22.5 Å². The molecule has 1 aromatic carbocycles. The fourth-order valence-corrected chi connectivity index (χ4v) is 1.78. The zero-order valence-electron chi connectivity index (χ0n) is 9.04. The van der Waals surface area contributed by atoms with Crippen molar-refractivity contribution in [3.05, 3.63) is 54.9 Å². The van der Waals surface area contributed by atoms with Gasteiger partial charge in [-0.15, -0.1) is 0 Å². The van der Waals surface area contributed by atoms with E-state index in [4.69, 9.17) is 0 Å². The van der Waals surface area contributed by atoms with E-state index in [2.05, 4.69) is 32.5 Å². The Morgan fingerprint density at radius 3 is 2.59 bits per heavy atom. The van der Waals surface area contributed by atoms with Crippen molar-refractivity contribution >= 4 is 0 Å². The molecule has 4 heteroatoms. The van der Waals surface area contributed by atoms with Crippen LogP contribution in [0.1, 0.15) is 0 Å². The number of aromatic nitrogens is 4. The van der Waals surface area contributed by atoms with Gasteiger partial charge >= 0.3 is 0 Å². The van der Waals surface area contributed by atoms with Gasteiger partial charge in [0.1, 0.15) is 5.69 Å². The van der Waals surface area contributed by atoms with Gasteiger partial charge in [0, 0.05) is 11.8 Å². The third-order valence-corrected chi connectivity index (χ3v) is 2.55. The van der Waals surface area contributed by atoms with E-state index in [0.29, 0.717) is 0 Å². The van der Waals surface area contributed by atoms with Crippen LogP contribution >= 0.6 is 0 Å². The number of hydrogen-bond acceptors (Lipinski definition) is 3. The van der Waals surface area contributed by atoms with E-state index in [1.165, 1.54) is 0 Å². The first-order chi connectivity index (χ1) is 8.45. The Kier molecular flexibility index (Phi) is 2.38. The molecule has 0 spiro atoms. The van der Waals surface area contributed by atoms with Crippen molar-refractivity contribution < 1.29 is 0 Å². The Balaban J connectivity index is 2.18. The number of rotatable bonds is 2. The van der Waals surface area contributed by atoms with Gasteiger partial charge < -0.3 is 0 Å². The first kappa shape index (κ1) is 9.72. The Morgan fingerprint density at radius 1 is 0.941 bits per heavy atom. The molecule has 0 aliphatic carbocycles. The molecule has 0 saturated heterocycles. The number of nitrogens with one attached hydrogen (secondary N) is 1. The Labute approximate surface area is 98.4 Å². The smallest absolute Gasteiger partial charge is 0.131 e. The first-order valence-corrected chi connectivity index (χ1v) is 5.32. The maximum absolute atomic E-state index is 4.38. The average Bonchev–Trinajstić information content (AvgIpc) is 2.94. The summed E-state index contributed by atoms with van der Waals surface area (Å²) in [6, 6.07) is 14.1. The lowest BCUT2D eigenvalue weighted by molar-refractivity contribution is 0.941. The van der Waals surface area contributed by atoms with Gasteiger partial charge in [0.2, 0.25) is 0 Å². The second kappa shape index (κ2) is 4.17. The summed E-state index contributed by atoms with van der Waals surface area (Å²) < 4.78 is 0. The molecule has 0 bridgehead atoms. The van der Waals surface area contributed by atoms with E-state index < -0.39 is 0 Å². The predicted octanol–water partition coefficient (Wildman–Crippen LogP) is 2.53. The maximum atomic E-state index is 4.38. The van der Waals surface area contributed by atoms with Crippen molar-refractivity contribution in [1.29, 1.82) is 0 Å². The summed E-state index contributed by atoms with van der Waals surface area (Å²) in [5.41, 5.74) is 3.78. The quantitative estimate of drug-likeness (QED) is 0.724. The molecule has 3 aromatic rings. The van der Waals surface area contributed by atoms with Crippen LogP contribution < -0.4 is 0 Å². The number of hydrogen-bond donors (Lipinski definition) is 1. The topological polar surface area (TPSA) is 54.5 Å².